The van der Waals surface area contributed by atoms with E-state index >= 15 is 0 Å². The Labute approximate surface area is 131 Å². The number of nitriles is 1. The largest absolute Gasteiger partial charge is 0.289 e. The Bertz CT molecular complexity index is 831. The van der Waals surface area contributed by atoms with E-state index in [4.69, 9.17) is 5.26 Å². The molecule has 0 aromatic heterocycles. The lowest BCUT2D eigenvalue weighted by atomic mass is 10.0. The number of rotatable bonds is 5. The van der Waals surface area contributed by atoms with Crippen molar-refractivity contribution in [3.05, 3.63) is 87.5 Å². The summed E-state index contributed by atoms with van der Waals surface area (Å²) in [5.41, 5.74) is 0.0203. The van der Waals surface area contributed by atoms with E-state index in [1.807, 2.05) is 0 Å². The van der Waals surface area contributed by atoms with Gasteiger partial charge in [-0.3, -0.25) is 19.7 Å². The average molecular weight is 306 g/mol. The van der Waals surface area contributed by atoms with Crippen molar-refractivity contribution in [3.8, 4) is 6.07 Å². The van der Waals surface area contributed by atoms with Crippen LogP contribution in [-0.4, -0.2) is 16.5 Å². The Kier molecular flexibility index (Phi) is 4.75. The maximum atomic E-state index is 12.2. The minimum atomic E-state index is -0.580. The summed E-state index contributed by atoms with van der Waals surface area (Å²) >= 11 is 0. The lowest BCUT2D eigenvalue weighted by molar-refractivity contribution is -0.384. The predicted octanol–water partition coefficient (Wildman–Crippen LogP) is 3.11. The highest BCUT2D eigenvalue weighted by Gasteiger charge is 2.15. The van der Waals surface area contributed by atoms with Gasteiger partial charge in [-0.15, -0.1) is 0 Å². The molecule has 0 fully saturated rings. The zero-order chi connectivity index (χ0) is 16.8. The van der Waals surface area contributed by atoms with Gasteiger partial charge < -0.3 is 0 Å². The number of allylic oxidation sites excluding steroid dienone is 2. The lowest BCUT2D eigenvalue weighted by Crippen LogP contribution is -2.05. The standard InChI is InChI=1S/C17H10N2O4/c18-11-14(17(21)13-4-2-1-3-5-13)10-16(20)12-6-8-15(9-7-12)19(22)23/h1-10H/b14-10+. The zero-order valence-corrected chi connectivity index (χ0v) is 11.8. The summed E-state index contributed by atoms with van der Waals surface area (Å²) in [6, 6.07) is 14.8. The second-order valence-electron chi connectivity index (χ2n) is 4.53. The van der Waals surface area contributed by atoms with Crippen LogP contribution in [0, 0.1) is 21.4 Å². The molecule has 6 nitrogen and oxygen atoms in total. The number of nitro benzene ring substituents is 1. The van der Waals surface area contributed by atoms with Gasteiger partial charge in [-0.1, -0.05) is 30.3 Å². The van der Waals surface area contributed by atoms with Crippen molar-refractivity contribution in [1.82, 2.24) is 0 Å². The van der Waals surface area contributed by atoms with Crippen molar-refractivity contribution >= 4 is 17.3 Å². The quantitative estimate of drug-likeness (QED) is 0.278. The first-order chi connectivity index (χ1) is 11.0. The number of benzene rings is 2. The Hall–Kier alpha value is -3.59. The van der Waals surface area contributed by atoms with Gasteiger partial charge in [0.2, 0.25) is 5.78 Å². The monoisotopic (exact) mass is 306 g/mol. The second-order valence-corrected chi connectivity index (χ2v) is 4.53. The molecule has 0 bridgehead atoms. The molecule has 6 heteroatoms. The van der Waals surface area contributed by atoms with E-state index in [0.29, 0.717) is 5.56 Å². The Balaban J connectivity index is 2.27. The van der Waals surface area contributed by atoms with Crippen LogP contribution in [0.4, 0.5) is 5.69 Å². The van der Waals surface area contributed by atoms with Crippen LogP contribution in [0.3, 0.4) is 0 Å². The van der Waals surface area contributed by atoms with Gasteiger partial charge in [0.05, 0.1) is 4.92 Å². The van der Waals surface area contributed by atoms with E-state index < -0.39 is 16.5 Å². The topological polar surface area (TPSA) is 101 Å². The summed E-state index contributed by atoms with van der Waals surface area (Å²) in [6.45, 7) is 0. The molecule has 0 amide bonds. The van der Waals surface area contributed by atoms with Crippen LogP contribution in [0.15, 0.2) is 66.2 Å². The van der Waals surface area contributed by atoms with Crippen LogP contribution in [0.5, 0.6) is 0 Å². The van der Waals surface area contributed by atoms with Gasteiger partial charge in [-0.2, -0.15) is 5.26 Å². The second kappa shape index (κ2) is 6.91. The number of carbonyl (C=O) groups excluding carboxylic acids is 2. The van der Waals surface area contributed by atoms with E-state index in [2.05, 4.69) is 0 Å². The molecule has 2 aromatic carbocycles. The number of Topliss-reactive ketones (excluding diaryl/α,β-unsaturated/α-hetero) is 1. The van der Waals surface area contributed by atoms with Crippen LogP contribution in [0.2, 0.25) is 0 Å². The van der Waals surface area contributed by atoms with Gasteiger partial charge >= 0.3 is 0 Å². The van der Waals surface area contributed by atoms with Crippen molar-refractivity contribution in [2.24, 2.45) is 0 Å². The molecule has 2 rings (SSSR count). The fourth-order valence-corrected chi connectivity index (χ4v) is 1.86. The Morgan fingerprint density at radius 1 is 1.00 bits per heavy atom. The van der Waals surface area contributed by atoms with Crippen molar-refractivity contribution in [3.63, 3.8) is 0 Å². The minimum Gasteiger partial charge on any atom is -0.289 e. The van der Waals surface area contributed by atoms with E-state index in [1.54, 1.807) is 36.4 Å². The van der Waals surface area contributed by atoms with Gasteiger partial charge in [-0.05, 0) is 12.1 Å². The molecular weight excluding hydrogens is 296 g/mol. The molecule has 112 valence electrons. The Morgan fingerprint density at radius 3 is 2.13 bits per heavy atom. The van der Waals surface area contributed by atoms with Gasteiger partial charge in [-0.25, -0.2) is 0 Å². The number of carbonyl (C=O) groups is 2. The van der Waals surface area contributed by atoms with Crippen molar-refractivity contribution in [2.75, 3.05) is 0 Å². The molecule has 0 saturated carbocycles. The van der Waals surface area contributed by atoms with Crippen molar-refractivity contribution in [2.45, 2.75) is 0 Å². The molecule has 0 aliphatic rings. The molecule has 0 heterocycles. The number of nitro groups is 1. The van der Waals surface area contributed by atoms with E-state index in [0.717, 1.165) is 6.08 Å². The highest BCUT2D eigenvalue weighted by molar-refractivity contribution is 6.17. The molecule has 23 heavy (non-hydrogen) atoms. The fraction of sp³-hybridized carbons (Fsp3) is 0. The number of ketones is 2. The molecule has 0 aliphatic heterocycles. The first kappa shape index (κ1) is 15.8. The van der Waals surface area contributed by atoms with Gasteiger partial charge in [0, 0.05) is 29.3 Å². The lowest BCUT2D eigenvalue weighted by Gasteiger charge is -1.99. The normalized spacial score (nSPS) is 10.7. The molecule has 0 atom stereocenters. The first-order valence-electron chi connectivity index (χ1n) is 6.53. The predicted molar refractivity (Wildman–Crippen MR) is 81.9 cm³/mol. The summed E-state index contributed by atoms with van der Waals surface area (Å²) in [5.74, 6) is -1.12. The smallest absolute Gasteiger partial charge is 0.269 e. The molecule has 0 spiro atoms. The summed E-state index contributed by atoms with van der Waals surface area (Å²) < 4.78 is 0. The van der Waals surface area contributed by atoms with Crippen LogP contribution >= 0.6 is 0 Å². The van der Waals surface area contributed by atoms with Crippen LogP contribution in [0.25, 0.3) is 0 Å². The third-order valence-corrected chi connectivity index (χ3v) is 3.04. The maximum absolute atomic E-state index is 12.2. The minimum absolute atomic E-state index is 0.147. The van der Waals surface area contributed by atoms with Gasteiger partial charge in [0.1, 0.15) is 11.6 Å². The molecule has 0 saturated heterocycles. The van der Waals surface area contributed by atoms with E-state index in [-0.39, 0.29) is 16.8 Å². The van der Waals surface area contributed by atoms with Gasteiger partial charge in [0.25, 0.3) is 5.69 Å². The highest BCUT2D eigenvalue weighted by atomic mass is 16.6. The molecular formula is C17H10N2O4. The fourth-order valence-electron chi connectivity index (χ4n) is 1.86. The number of nitrogens with zero attached hydrogens (tertiary/aromatic N) is 2. The maximum Gasteiger partial charge on any atom is 0.269 e. The molecule has 0 N–H and O–H groups in total. The van der Waals surface area contributed by atoms with Crippen LogP contribution in [0.1, 0.15) is 20.7 Å². The van der Waals surface area contributed by atoms with Gasteiger partial charge in [0.15, 0.2) is 5.78 Å². The number of hydrogen-bond acceptors (Lipinski definition) is 5. The summed E-state index contributed by atoms with van der Waals surface area (Å²) in [6.07, 6.45) is 0.941. The summed E-state index contributed by atoms with van der Waals surface area (Å²) in [5, 5.41) is 19.7. The number of non-ortho nitro benzene ring substituents is 1. The van der Waals surface area contributed by atoms with Crippen LogP contribution < -0.4 is 0 Å². The molecule has 0 aliphatic carbocycles. The first-order valence-corrected chi connectivity index (χ1v) is 6.53. The van der Waals surface area contributed by atoms with Crippen LogP contribution in [-0.2, 0) is 0 Å². The SMILES string of the molecule is N#C/C(=C\C(=O)c1ccc([N+](=O)[O-])cc1)C(=O)c1ccccc1. The molecule has 2 aromatic rings. The third-order valence-electron chi connectivity index (χ3n) is 3.04. The Morgan fingerprint density at radius 2 is 1.61 bits per heavy atom. The van der Waals surface area contributed by atoms with Crippen molar-refractivity contribution < 1.29 is 14.5 Å². The highest BCUT2D eigenvalue weighted by Crippen LogP contribution is 2.14. The molecule has 0 unspecified atom stereocenters. The zero-order valence-electron chi connectivity index (χ0n) is 11.8. The number of hydrogen-bond donors (Lipinski definition) is 0. The summed E-state index contributed by atoms with van der Waals surface area (Å²) in [4.78, 5) is 34.2. The van der Waals surface area contributed by atoms with Crippen molar-refractivity contribution in [1.29, 1.82) is 5.26 Å². The summed E-state index contributed by atoms with van der Waals surface area (Å²) in [7, 11) is 0. The average Bonchev–Trinajstić information content (AvgIpc) is 2.59. The van der Waals surface area contributed by atoms with E-state index in [1.165, 1.54) is 24.3 Å². The molecule has 0 radical (unpaired) electrons. The third kappa shape index (κ3) is 3.74. The van der Waals surface area contributed by atoms with E-state index in [9.17, 15) is 19.7 Å².